The van der Waals surface area contributed by atoms with E-state index in [4.69, 9.17) is 14.2 Å². The van der Waals surface area contributed by atoms with Gasteiger partial charge >= 0.3 is 0 Å². The van der Waals surface area contributed by atoms with Crippen LogP contribution in [0.5, 0.6) is 17.2 Å². The first-order valence-electron chi connectivity index (χ1n) is 8.24. The number of carbonyl (C=O) groups excluding carboxylic acids is 1. The fraction of sp³-hybridized carbons (Fsp3) is 0.200. The van der Waals surface area contributed by atoms with Crippen LogP contribution in [0.2, 0.25) is 0 Å². The smallest absolute Gasteiger partial charge is 0.271 e. The third-order valence-corrected chi connectivity index (χ3v) is 4.83. The van der Waals surface area contributed by atoms with Crippen LogP contribution >= 0.6 is 11.3 Å². The molecule has 0 unspecified atom stereocenters. The molecule has 0 fully saturated rings. The predicted molar refractivity (Wildman–Crippen MR) is 105 cm³/mol. The van der Waals surface area contributed by atoms with Gasteiger partial charge in [-0.2, -0.15) is 0 Å². The van der Waals surface area contributed by atoms with E-state index in [-0.39, 0.29) is 5.91 Å². The number of hydrogen-bond donors (Lipinski definition) is 1. The summed E-state index contributed by atoms with van der Waals surface area (Å²) in [6.45, 7) is 0.313. The molecule has 140 valence electrons. The maximum atomic E-state index is 12.4. The molecule has 0 bridgehead atoms. The van der Waals surface area contributed by atoms with Gasteiger partial charge in [0.05, 0.1) is 21.3 Å². The Hall–Kier alpha value is -3.06. The molecule has 0 spiro atoms. The lowest BCUT2D eigenvalue weighted by atomic mass is 10.1. The molecular formula is C20H20N2O4S. The highest BCUT2D eigenvalue weighted by Crippen LogP contribution is 2.38. The van der Waals surface area contributed by atoms with E-state index >= 15 is 0 Å². The number of carbonyl (C=O) groups is 1. The summed E-state index contributed by atoms with van der Waals surface area (Å²) in [7, 11) is 4.66. The number of nitrogens with zero attached hydrogens (tertiary/aromatic N) is 1. The van der Waals surface area contributed by atoms with E-state index in [0.29, 0.717) is 29.5 Å². The van der Waals surface area contributed by atoms with Gasteiger partial charge in [-0.1, -0.05) is 30.3 Å². The minimum atomic E-state index is -0.234. The van der Waals surface area contributed by atoms with Crippen LogP contribution in [0.15, 0.2) is 47.8 Å². The quantitative estimate of drug-likeness (QED) is 0.672. The zero-order valence-electron chi connectivity index (χ0n) is 15.3. The van der Waals surface area contributed by atoms with E-state index < -0.39 is 0 Å². The molecule has 0 saturated carbocycles. The van der Waals surface area contributed by atoms with Gasteiger partial charge < -0.3 is 19.5 Å². The lowest BCUT2D eigenvalue weighted by Crippen LogP contribution is -2.23. The van der Waals surface area contributed by atoms with Crippen LogP contribution in [0.3, 0.4) is 0 Å². The highest BCUT2D eigenvalue weighted by Gasteiger charge is 2.15. The van der Waals surface area contributed by atoms with Gasteiger partial charge in [-0.25, -0.2) is 4.98 Å². The number of rotatable bonds is 7. The molecule has 2 aromatic carbocycles. The van der Waals surface area contributed by atoms with Crippen LogP contribution in [-0.4, -0.2) is 32.2 Å². The Morgan fingerprint density at radius 1 is 1.04 bits per heavy atom. The molecule has 0 aliphatic heterocycles. The number of thiazole rings is 1. The van der Waals surface area contributed by atoms with Crippen LogP contribution in [0.1, 0.15) is 16.1 Å². The molecule has 0 atom stereocenters. The molecule has 0 radical (unpaired) electrons. The van der Waals surface area contributed by atoms with E-state index in [1.165, 1.54) is 11.3 Å². The predicted octanol–water partition coefficient (Wildman–Crippen LogP) is 3.77. The SMILES string of the molecule is COc1cc(CNC(=O)c2csc(-c3ccccc3)n2)cc(OC)c1OC. The summed E-state index contributed by atoms with van der Waals surface area (Å²) in [5.74, 6) is 1.37. The third kappa shape index (κ3) is 4.20. The number of hydrogen-bond acceptors (Lipinski definition) is 6. The standard InChI is InChI=1S/C20H20N2O4S/c1-24-16-9-13(10-17(25-2)18(16)26-3)11-21-19(23)15-12-27-20(22-15)14-7-5-4-6-8-14/h4-10,12H,11H2,1-3H3,(H,21,23). The van der Waals surface area contributed by atoms with Crippen molar-refractivity contribution in [3.63, 3.8) is 0 Å². The van der Waals surface area contributed by atoms with Gasteiger partial charge in [0, 0.05) is 17.5 Å². The second-order valence-corrected chi connectivity index (χ2v) is 6.48. The number of benzene rings is 2. The molecule has 1 N–H and O–H groups in total. The van der Waals surface area contributed by atoms with Gasteiger partial charge in [-0.05, 0) is 17.7 Å². The number of amides is 1. The maximum absolute atomic E-state index is 12.4. The highest BCUT2D eigenvalue weighted by atomic mass is 32.1. The van der Waals surface area contributed by atoms with E-state index in [2.05, 4.69) is 10.3 Å². The number of nitrogens with one attached hydrogen (secondary N) is 1. The summed E-state index contributed by atoms with van der Waals surface area (Å²) >= 11 is 1.44. The van der Waals surface area contributed by atoms with Crippen molar-refractivity contribution in [3.8, 4) is 27.8 Å². The first-order valence-corrected chi connectivity index (χ1v) is 9.12. The van der Waals surface area contributed by atoms with E-state index in [9.17, 15) is 4.79 Å². The topological polar surface area (TPSA) is 69.7 Å². The Balaban J connectivity index is 1.72. The monoisotopic (exact) mass is 384 g/mol. The van der Waals surface area contributed by atoms with Crippen molar-refractivity contribution >= 4 is 17.2 Å². The van der Waals surface area contributed by atoms with Gasteiger partial charge in [0.15, 0.2) is 11.5 Å². The van der Waals surface area contributed by atoms with E-state index in [0.717, 1.165) is 16.1 Å². The number of methoxy groups -OCH3 is 3. The average Bonchev–Trinajstić information content (AvgIpc) is 3.22. The highest BCUT2D eigenvalue weighted by molar-refractivity contribution is 7.13. The molecule has 1 amide bonds. The Morgan fingerprint density at radius 2 is 1.70 bits per heavy atom. The minimum Gasteiger partial charge on any atom is -0.493 e. The summed E-state index contributed by atoms with van der Waals surface area (Å²) in [6, 6.07) is 13.4. The van der Waals surface area contributed by atoms with Crippen molar-refractivity contribution in [1.82, 2.24) is 10.3 Å². The Morgan fingerprint density at radius 3 is 2.30 bits per heavy atom. The van der Waals surface area contributed by atoms with Gasteiger partial charge in [0.2, 0.25) is 5.75 Å². The molecule has 1 heterocycles. The van der Waals surface area contributed by atoms with E-state index in [1.807, 2.05) is 30.3 Å². The van der Waals surface area contributed by atoms with Crippen molar-refractivity contribution in [3.05, 3.63) is 59.1 Å². The molecule has 1 aromatic heterocycles. The fourth-order valence-electron chi connectivity index (χ4n) is 2.60. The second-order valence-electron chi connectivity index (χ2n) is 5.62. The molecule has 6 nitrogen and oxygen atoms in total. The Bertz CT molecular complexity index is 900. The van der Waals surface area contributed by atoms with Crippen molar-refractivity contribution in [2.75, 3.05) is 21.3 Å². The minimum absolute atomic E-state index is 0.234. The molecule has 7 heteroatoms. The second kappa shape index (κ2) is 8.55. The summed E-state index contributed by atoms with van der Waals surface area (Å²) in [5.41, 5.74) is 2.22. The lowest BCUT2D eigenvalue weighted by Gasteiger charge is -2.14. The normalized spacial score (nSPS) is 10.3. The van der Waals surface area contributed by atoms with Gasteiger partial charge in [-0.3, -0.25) is 4.79 Å². The fourth-order valence-corrected chi connectivity index (χ4v) is 3.41. The molecule has 0 aliphatic carbocycles. The van der Waals surface area contributed by atoms with Crippen LogP contribution < -0.4 is 19.5 Å². The van der Waals surface area contributed by atoms with Crippen molar-refractivity contribution in [1.29, 1.82) is 0 Å². The van der Waals surface area contributed by atoms with E-state index in [1.54, 1.807) is 38.8 Å². The largest absolute Gasteiger partial charge is 0.493 e. The van der Waals surface area contributed by atoms with Crippen molar-refractivity contribution in [2.24, 2.45) is 0 Å². The van der Waals surface area contributed by atoms with Gasteiger partial charge in [0.25, 0.3) is 5.91 Å². The molecule has 3 aromatic rings. The summed E-state index contributed by atoms with van der Waals surface area (Å²) < 4.78 is 16.0. The maximum Gasteiger partial charge on any atom is 0.271 e. The van der Waals surface area contributed by atoms with Gasteiger partial charge in [0.1, 0.15) is 10.7 Å². The molecule has 0 aliphatic rings. The zero-order valence-corrected chi connectivity index (χ0v) is 16.1. The van der Waals surface area contributed by atoms with Crippen molar-refractivity contribution < 1.29 is 19.0 Å². The summed E-state index contributed by atoms with van der Waals surface area (Å²) in [6.07, 6.45) is 0. The molecule has 27 heavy (non-hydrogen) atoms. The van der Waals surface area contributed by atoms with Crippen LogP contribution in [0.25, 0.3) is 10.6 Å². The molecule has 3 rings (SSSR count). The molecular weight excluding hydrogens is 364 g/mol. The average molecular weight is 384 g/mol. The summed E-state index contributed by atoms with van der Waals surface area (Å²) in [4.78, 5) is 16.9. The summed E-state index contributed by atoms with van der Waals surface area (Å²) in [5, 5.41) is 5.44. The third-order valence-electron chi connectivity index (χ3n) is 3.94. The Kier molecular flexibility index (Phi) is 5.93. The van der Waals surface area contributed by atoms with Gasteiger partial charge in [-0.15, -0.1) is 11.3 Å². The molecule has 0 saturated heterocycles. The van der Waals surface area contributed by atoms with Crippen LogP contribution in [0, 0.1) is 0 Å². The lowest BCUT2D eigenvalue weighted by molar-refractivity contribution is 0.0946. The number of aromatic nitrogens is 1. The van der Waals surface area contributed by atoms with Crippen LogP contribution in [-0.2, 0) is 6.54 Å². The van der Waals surface area contributed by atoms with Crippen LogP contribution in [0.4, 0.5) is 0 Å². The first-order chi connectivity index (χ1) is 13.2. The zero-order chi connectivity index (χ0) is 19.2. The first kappa shape index (κ1) is 18.7. The Labute approximate surface area is 161 Å². The van der Waals surface area contributed by atoms with Crippen molar-refractivity contribution in [2.45, 2.75) is 6.54 Å². The number of ether oxygens (including phenoxy) is 3.